The van der Waals surface area contributed by atoms with Crippen molar-refractivity contribution >= 4 is 11.9 Å². The van der Waals surface area contributed by atoms with Crippen molar-refractivity contribution < 1.29 is 14.3 Å². The number of esters is 1. The first kappa shape index (κ1) is 14.3. The van der Waals surface area contributed by atoms with E-state index >= 15 is 0 Å². The van der Waals surface area contributed by atoms with Crippen LogP contribution in [0.1, 0.15) is 33.6 Å². The van der Waals surface area contributed by atoms with Gasteiger partial charge in [0.05, 0.1) is 17.6 Å². The van der Waals surface area contributed by atoms with Gasteiger partial charge in [0.2, 0.25) is 0 Å². The Bertz CT molecular complexity index is 541. The standard InChI is InChI=1S/C14H17N3O3/c1-12(2)13(3)4-5-14(12,20-11(13)19)10(18)17(8-6-15)9-7-16/h4-5,8-9H2,1-3H3. The Balaban J connectivity index is 2.42. The molecule has 0 aromatic rings. The fourth-order valence-corrected chi connectivity index (χ4v) is 3.35. The van der Waals surface area contributed by atoms with Crippen molar-refractivity contribution in [2.24, 2.45) is 10.8 Å². The smallest absolute Gasteiger partial charge is 0.313 e. The second-order valence-corrected chi connectivity index (χ2v) is 6.15. The van der Waals surface area contributed by atoms with Crippen LogP contribution in [0, 0.1) is 33.5 Å². The van der Waals surface area contributed by atoms with Crippen molar-refractivity contribution in [1.29, 1.82) is 10.5 Å². The summed E-state index contributed by atoms with van der Waals surface area (Å²) in [6, 6.07) is 3.75. The maximum absolute atomic E-state index is 12.8. The van der Waals surface area contributed by atoms with Crippen molar-refractivity contribution in [3.05, 3.63) is 0 Å². The van der Waals surface area contributed by atoms with Gasteiger partial charge in [0.25, 0.3) is 5.91 Å². The fraction of sp³-hybridized carbons (Fsp3) is 0.714. The molecule has 2 aliphatic rings. The lowest BCUT2D eigenvalue weighted by atomic mass is 9.66. The number of rotatable bonds is 3. The van der Waals surface area contributed by atoms with Crippen LogP contribution in [-0.4, -0.2) is 35.5 Å². The Morgan fingerprint density at radius 3 is 2.15 bits per heavy atom. The van der Waals surface area contributed by atoms with Crippen molar-refractivity contribution in [1.82, 2.24) is 4.90 Å². The minimum absolute atomic E-state index is 0.182. The molecule has 0 aromatic carbocycles. The summed E-state index contributed by atoms with van der Waals surface area (Å²) in [6.45, 7) is 5.15. The molecule has 1 saturated carbocycles. The molecule has 1 amide bonds. The van der Waals surface area contributed by atoms with E-state index in [1.165, 1.54) is 0 Å². The first-order valence-electron chi connectivity index (χ1n) is 6.53. The highest BCUT2D eigenvalue weighted by molar-refractivity contribution is 5.96. The van der Waals surface area contributed by atoms with E-state index in [0.29, 0.717) is 12.8 Å². The molecule has 2 unspecified atom stereocenters. The molecule has 0 radical (unpaired) electrons. The minimum Gasteiger partial charge on any atom is -0.448 e. The normalized spacial score (nSPS) is 33.1. The molecule has 106 valence electrons. The molecule has 1 saturated heterocycles. The minimum atomic E-state index is -1.24. The number of hydrogen-bond acceptors (Lipinski definition) is 5. The van der Waals surface area contributed by atoms with Gasteiger partial charge < -0.3 is 9.64 Å². The second-order valence-electron chi connectivity index (χ2n) is 6.15. The van der Waals surface area contributed by atoms with Gasteiger partial charge in [0.15, 0.2) is 5.60 Å². The highest BCUT2D eigenvalue weighted by atomic mass is 16.6. The number of hydrogen-bond donors (Lipinski definition) is 0. The zero-order valence-corrected chi connectivity index (χ0v) is 11.9. The highest BCUT2D eigenvalue weighted by Crippen LogP contribution is 2.65. The Morgan fingerprint density at radius 2 is 1.80 bits per heavy atom. The average Bonchev–Trinajstić information content (AvgIpc) is 2.68. The van der Waals surface area contributed by atoms with Gasteiger partial charge in [0.1, 0.15) is 13.1 Å². The van der Waals surface area contributed by atoms with Gasteiger partial charge in [-0.1, -0.05) is 13.8 Å². The SMILES string of the molecule is CC12CCC(C(=O)N(CC#N)CC#N)(OC1=O)C2(C)C. The van der Waals surface area contributed by atoms with E-state index in [-0.39, 0.29) is 19.1 Å². The predicted octanol–water partition coefficient (Wildman–Crippen LogP) is 0.984. The van der Waals surface area contributed by atoms with Crippen LogP contribution in [0.2, 0.25) is 0 Å². The summed E-state index contributed by atoms with van der Waals surface area (Å²) in [5, 5.41) is 17.6. The van der Waals surface area contributed by atoms with E-state index in [0.717, 1.165) is 4.90 Å². The summed E-state index contributed by atoms with van der Waals surface area (Å²) in [4.78, 5) is 26.0. The van der Waals surface area contributed by atoms with Crippen LogP contribution in [0.25, 0.3) is 0 Å². The zero-order chi connectivity index (χ0) is 15.2. The molecule has 6 heteroatoms. The van der Waals surface area contributed by atoms with Crippen LogP contribution in [0.3, 0.4) is 0 Å². The van der Waals surface area contributed by atoms with E-state index in [1.807, 2.05) is 32.9 Å². The molecule has 1 aliphatic carbocycles. The summed E-state index contributed by atoms with van der Waals surface area (Å²) in [5.74, 6) is -0.795. The average molecular weight is 275 g/mol. The van der Waals surface area contributed by atoms with E-state index in [2.05, 4.69) is 0 Å². The lowest BCUT2D eigenvalue weighted by molar-refractivity contribution is -0.173. The van der Waals surface area contributed by atoms with Gasteiger partial charge in [-0.15, -0.1) is 0 Å². The molecule has 1 heterocycles. The van der Waals surface area contributed by atoms with Gasteiger partial charge in [-0.3, -0.25) is 9.59 Å². The van der Waals surface area contributed by atoms with Gasteiger partial charge in [-0.2, -0.15) is 10.5 Å². The molecular weight excluding hydrogens is 258 g/mol. The number of amides is 1. The van der Waals surface area contributed by atoms with Crippen LogP contribution >= 0.6 is 0 Å². The molecule has 0 N–H and O–H groups in total. The molecule has 20 heavy (non-hydrogen) atoms. The maximum atomic E-state index is 12.8. The van der Waals surface area contributed by atoms with Gasteiger partial charge in [-0.25, -0.2) is 0 Å². The molecule has 2 atom stereocenters. The van der Waals surface area contributed by atoms with Crippen LogP contribution in [0.15, 0.2) is 0 Å². The van der Waals surface area contributed by atoms with E-state index in [9.17, 15) is 9.59 Å². The number of nitrogens with zero attached hydrogens (tertiary/aromatic N) is 3. The van der Waals surface area contributed by atoms with E-state index in [4.69, 9.17) is 15.3 Å². The summed E-state index contributed by atoms with van der Waals surface area (Å²) in [7, 11) is 0. The van der Waals surface area contributed by atoms with Crippen LogP contribution in [-0.2, 0) is 14.3 Å². The lowest BCUT2D eigenvalue weighted by Crippen LogP contribution is -2.55. The number of ether oxygens (including phenoxy) is 1. The molecule has 1 aliphatic heterocycles. The predicted molar refractivity (Wildman–Crippen MR) is 67.8 cm³/mol. The van der Waals surface area contributed by atoms with Crippen LogP contribution in [0.5, 0.6) is 0 Å². The van der Waals surface area contributed by atoms with E-state index < -0.39 is 22.3 Å². The number of carbonyl (C=O) groups excluding carboxylic acids is 2. The van der Waals surface area contributed by atoms with Crippen LogP contribution in [0.4, 0.5) is 0 Å². The Hall–Kier alpha value is -2.08. The first-order valence-corrected chi connectivity index (χ1v) is 6.53. The van der Waals surface area contributed by atoms with Gasteiger partial charge in [0, 0.05) is 5.41 Å². The molecule has 6 nitrogen and oxygen atoms in total. The summed E-state index contributed by atoms with van der Waals surface area (Å²) in [5.41, 5.74) is -2.59. The monoisotopic (exact) mass is 275 g/mol. The second kappa shape index (κ2) is 4.21. The molecule has 2 fully saturated rings. The summed E-state index contributed by atoms with van der Waals surface area (Å²) >= 11 is 0. The molecule has 0 aromatic heterocycles. The summed E-state index contributed by atoms with van der Waals surface area (Å²) < 4.78 is 5.45. The lowest BCUT2D eigenvalue weighted by Gasteiger charge is -2.37. The molecule has 2 bridgehead atoms. The third-order valence-electron chi connectivity index (χ3n) is 5.24. The zero-order valence-electron chi connectivity index (χ0n) is 11.9. The van der Waals surface area contributed by atoms with Crippen LogP contribution < -0.4 is 0 Å². The fourth-order valence-electron chi connectivity index (χ4n) is 3.35. The third-order valence-corrected chi connectivity index (χ3v) is 5.24. The first-order chi connectivity index (χ1) is 9.27. The van der Waals surface area contributed by atoms with Crippen molar-refractivity contribution in [2.45, 2.75) is 39.2 Å². The van der Waals surface area contributed by atoms with Gasteiger partial charge in [-0.05, 0) is 19.8 Å². The number of carbonyl (C=O) groups is 2. The Kier molecular flexibility index (Phi) is 3.02. The quantitative estimate of drug-likeness (QED) is 0.565. The maximum Gasteiger partial charge on any atom is 0.313 e. The van der Waals surface area contributed by atoms with Crippen molar-refractivity contribution in [2.75, 3.05) is 13.1 Å². The highest BCUT2D eigenvalue weighted by Gasteiger charge is 2.76. The third kappa shape index (κ3) is 1.42. The Morgan fingerprint density at radius 1 is 1.25 bits per heavy atom. The van der Waals surface area contributed by atoms with E-state index in [1.54, 1.807) is 0 Å². The van der Waals surface area contributed by atoms with Gasteiger partial charge >= 0.3 is 5.97 Å². The van der Waals surface area contributed by atoms with Crippen molar-refractivity contribution in [3.8, 4) is 12.1 Å². The Labute approximate surface area is 117 Å². The molecule has 0 spiro atoms. The molecular formula is C14H17N3O3. The van der Waals surface area contributed by atoms with Crippen molar-refractivity contribution in [3.63, 3.8) is 0 Å². The molecule has 2 rings (SSSR count). The number of nitriles is 2. The number of fused-ring (bicyclic) bond motifs is 2. The topological polar surface area (TPSA) is 94.2 Å². The largest absolute Gasteiger partial charge is 0.448 e. The summed E-state index contributed by atoms with van der Waals surface area (Å²) in [6.07, 6.45) is 1.02.